The van der Waals surface area contributed by atoms with Gasteiger partial charge in [0.25, 0.3) is 0 Å². The molecule has 0 N–H and O–H groups in total. The minimum atomic E-state index is -1.10. The number of carbonyl (C=O) groups excluding carboxylic acids is 2. The van der Waals surface area contributed by atoms with Gasteiger partial charge in [0, 0.05) is 6.08 Å². The molecule has 0 aromatic rings. The molecule has 2 heterocycles. The molecule has 0 saturated carbocycles. The maximum absolute atomic E-state index is 11.6. The molecule has 4 nitrogen and oxygen atoms in total. The third kappa shape index (κ3) is 0.997. The zero-order valence-electron chi connectivity index (χ0n) is 8.20. The highest BCUT2D eigenvalue weighted by Gasteiger charge is 2.61. The number of hydrogen-bond acceptors (Lipinski definition) is 4. The van der Waals surface area contributed by atoms with E-state index >= 15 is 0 Å². The lowest BCUT2D eigenvalue weighted by atomic mass is 9.73. The molecule has 1 atom stereocenters. The average Bonchev–Trinajstić information content (AvgIpc) is 2.31. The van der Waals surface area contributed by atoms with Crippen molar-refractivity contribution in [2.45, 2.75) is 25.9 Å². The maximum atomic E-state index is 11.6. The molecule has 1 saturated heterocycles. The largest absolute Gasteiger partial charge is 0.482 e. The lowest BCUT2D eigenvalue weighted by Crippen LogP contribution is -2.50. The number of rotatable bonds is 0. The minimum absolute atomic E-state index is 0.0787. The fraction of sp³-hybridized carbons (Fsp3) is 0.600. The van der Waals surface area contributed by atoms with Crippen LogP contribution in [0.4, 0.5) is 0 Å². The molecule has 0 aromatic carbocycles. The second-order valence-corrected chi connectivity index (χ2v) is 4.35. The zero-order chi connectivity index (χ0) is 10.4. The van der Waals surface area contributed by atoms with Gasteiger partial charge in [-0.05, 0) is 0 Å². The summed E-state index contributed by atoms with van der Waals surface area (Å²) in [6, 6.07) is 0. The first kappa shape index (κ1) is 9.24. The molecule has 1 fully saturated rings. The number of cyclic esters (lactones) is 1. The summed E-state index contributed by atoms with van der Waals surface area (Å²) in [7, 11) is 0. The van der Waals surface area contributed by atoms with Gasteiger partial charge in [-0.15, -0.1) is 0 Å². The molecule has 76 valence electrons. The number of ether oxygens (including phenoxy) is 2. The zero-order valence-corrected chi connectivity index (χ0v) is 8.20. The highest BCUT2D eigenvalue weighted by atomic mass is 16.6. The van der Waals surface area contributed by atoms with Crippen LogP contribution in [0.2, 0.25) is 0 Å². The summed E-state index contributed by atoms with van der Waals surface area (Å²) >= 11 is 0. The summed E-state index contributed by atoms with van der Waals surface area (Å²) in [5, 5.41) is 0. The van der Waals surface area contributed by atoms with Crippen molar-refractivity contribution in [3.63, 3.8) is 0 Å². The van der Waals surface area contributed by atoms with Crippen LogP contribution in [0, 0.1) is 5.41 Å². The minimum Gasteiger partial charge on any atom is -0.482 e. The van der Waals surface area contributed by atoms with Crippen molar-refractivity contribution < 1.29 is 19.1 Å². The van der Waals surface area contributed by atoms with E-state index in [1.165, 1.54) is 12.3 Å². The Morgan fingerprint density at radius 3 is 2.57 bits per heavy atom. The van der Waals surface area contributed by atoms with Crippen LogP contribution in [-0.2, 0) is 19.1 Å². The lowest BCUT2D eigenvalue weighted by Gasteiger charge is -2.36. The molecule has 14 heavy (non-hydrogen) atoms. The standard InChI is InChI=1S/C10H12O4/c1-9(2)6-13-8(12)10(9)5-7(11)3-4-14-10/h3-4H,5-6H2,1-2H3/t10-/m0/s1. The van der Waals surface area contributed by atoms with Gasteiger partial charge in [0.2, 0.25) is 5.60 Å². The molecule has 0 aromatic heterocycles. The lowest BCUT2D eigenvalue weighted by molar-refractivity contribution is -0.161. The third-order valence-corrected chi connectivity index (χ3v) is 2.93. The van der Waals surface area contributed by atoms with Crippen LogP contribution in [-0.4, -0.2) is 24.0 Å². The molecule has 0 bridgehead atoms. The van der Waals surface area contributed by atoms with E-state index in [1.54, 1.807) is 0 Å². The Morgan fingerprint density at radius 1 is 1.36 bits per heavy atom. The first-order valence-corrected chi connectivity index (χ1v) is 4.52. The maximum Gasteiger partial charge on any atom is 0.351 e. The Balaban J connectivity index is 2.42. The van der Waals surface area contributed by atoms with Crippen molar-refractivity contribution >= 4 is 11.8 Å². The van der Waals surface area contributed by atoms with E-state index in [9.17, 15) is 9.59 Å². The molecule has 0 amide bonds. The van der Waals surface area contributed by atoms with E-state index < -0.39 is 17.0 Å². The van der Waals surface area contributed by atoms with Crippen LogP contribution in [0.1, 0.15) is 20.3 Å². The van der Waals surface area contributed by atoms with Gasteiger partial charge in [0.15, 0.2) is 5.78 Å². The van der Waals surface area contributed by atoms with Crippen molar-refractivity contribution in [3.8, 4) is 0 Å². The van der Waals surface area contributed by atoms with Crippen molar-refractivity contribution in [2.75, 3.05) is 6.61 Å². The van der Waals surface area contributed by atoms with Gasteiger partial charge < -0.3 is 9.47 Å². The Labute approximate surface area is 81.9 Å². The molecular formula is C10H12O4. The van der Waals surface area contributed by atoms with E-state index in [1.807, 2.05) is 13.8 Å². The van der Waals surface area contributed by atoms with Crippen molar-refractivity contribution in [1.82, 2.24) is 0 Å². The van der Waals surface area contributed by atoms with Gasteiger partial charge in [-0.3, -0.25) is 4.79 Å². The number of hydrogen-bond donors (Lipinski definition) is 0. The molecular weight excluding hydrogens is 184 g/mol. The molecule has 4 heteroatoms. The van der Waals surface area contributed by atoms with Gasteiger partial charge >= 0.3 is 5.97 Å². The van der Waals surface area contributed by atoms with Gasteiger partial charge in [-0.2, -0.15) is 0 Å². The average molecular weight is 196 g/mol. The Bertz CT molecular complexity index is 329. The third-order valence-electron chi connectivity index (χ3n) is 2.93. The predicted octanol–water partition coefficient (Wildman–Crippen LogP) is 0.811. The first-order valence-electron chi connectivity index (χ1n) is 4.52. The molecule has 1 spiro atoms. The second kappa shape index (κ2) is 2.59. The van der Waals surface area contributed by atoms with Crippen LogP contribution in [0.25, 0.3) is 0 Å². The van der Waals surface area contributed by atoms with Crippen LogP contribution in [0.5, 0.6) is 0 Å². The summed E-state index contributed by atoms with van der Waals surface area (Å²) < 4.78 is 10.3. The fourth-order valence-electron chi connectivity index (χ4n) is 1.85. The van der Waals surface area contributed by atoms with Gasteiger partial charge in [-0.1, -0.05) is 13.8 Å². The van der Waals surface area contributed by atoms with Crippen molar-refractivity contribution in [1.29, 1.82) is 0 Å². The second-order valence-electron chi connectivity index (χ2n) is 4.35. The van der Waals surface area contributed by atoms with Crippen molar-refractivity contribution in [3.05, 3.63) is 12.3 Å². The number of ketones is 1. The first-order chi connectivity index (χ1) is 6.48. The Hall–Kier alpha value is -1.32. The predicted molar refractivity (Wildman–Crippen MR) is 47.3 cm³/mol. The molecule has 0 aliphatic carbocycles. The summed E-state index contributed by atoms with van der Waals surface area (Å²) in [5.41, 5.74) is -1.55. The smallest absolute Gasteiger partial charge is 0.351 e. The fourth-order valence-corrected chi connectivity index (χ4v) is 1.85. The van der Waals surface area contributed by atoms with Crippen LogP contribution < -0.4 is 0 Å². The van der Waals surface area contributed by atoms with E-state index in [2.05, 4.69) is 0 Å². The molecule has 2 aliphatic heterocycles. The normalized spacial score (nSPS) is 34.4. The number of allylic oxidation sites excluding steroid dienone is 1. The summed E-state index contributed by atoms with van der Waals surface area (Å²) in [4.78, 5) is 22.9. The van der Waals surface area contributed by atoms with Gasteiger partial charge in [0.1, 0.15) is 6.61 Å². The van der Waals surface area contributed by atoms with Crippen LogP contribution >= 0.6 is 0 Å². The summed E-state index contributed by atoms with van der Waals surface area (Å²) in [6.07, 6.45) is 2.71. The quantitative estimate of drug-likeness (QED) is 0.538. The van der Waals surface area contributed by atoms with Gasteiger partial charge in [0.05, 0.1) is 18.1 Å². The monoisotopic (exact) mass is 196 g/mol. The number of carbonyl (C=O) groups is 2. The molecule has 0 unspecified atom stereocenters. The number of esters is 1. The van der Waals surface area contributed by atoms with Gasteiger partial charge in [-0.25, -0.2) is 4.79 Å². The topological polar surface area (TPSA) is 52.6 Å². The SMILES string of the molecule is CC1(C)COC(=O)[C@@]12CC(=O)C=CO2. The highest BCUT2D eigenvalue weighted by molar-refractivity contribution is 5.97. The molecule has 2 rings (SSSR count). The van der Waals surface area contributed by atoms with Crippen molar-refractivity contribution in [2.24, 2.45) is 5.41 Å². The van der Waals surface area contributed by atoms with Crippen LogP contribution in [0.15, 0.2) is 12.3 Å². The summed E-state index contributed by atoms with van der Waals surface area (Å²) in [6.45, 7) is 4.03. The Morgan fingerprint density at radius 2 is 2.07 bits per heavy atom. The highest BCUT2D eigenvalue weighted by Crippen LogP contribution is 2.45. The Kier molecular flexibility index (Phi) is 1.71. The summed E-state index contributed by atoms with van der Waals surface area (Å²) in [5.74, 6) is -0.525. The molecule has 2 aliphatic rings. The van der Waals surface area contributed by atoms with E-state index in [0.29, 0.717) is 6.61 Å². The van der Waals surface area contributed by atoms with E-state index in [4.69, 9.17) is 9.47 Å². The molecule has 0 radical (unpaired) electrons. The van der Waals surface area contributed by atoms with Crippen LogP contribution in [0.3, 0.4) is 0 Å². The van der Waals surface area contributed by atoms with E-state index in [-0.39, 0.29) is 12.2 Å². The van der Waals surface area contributed by atoms with E-state index in [0.717, 1.165) is 0 Å².